The molecule has 6 N–H and O–H groups in total. The predicted molar refractivity (Wildman–Crippen MR) is 146 cm³/mol. The number of aliphatic hydroxyl groups is 1. The number of amides is 1. The molecule has 1 aliphatic rings. The van der Waals surface area contributed by atoms with Crippen LogP contribution in [0, 0.1) is 11.8 Å². The summed E-state index contributed by atoms with van der Waals surface area (Å²) < 4.78 is 12.1. The van der Waals surface area contributed by atoms with Crippen LogP contribution in [-0.4, -0.2) is 72.2 Å². The number of nitrogens with one attached hydrogen (secondary N) is 2. The van der Waals surface area contributed by atoms with E-state index >= 15 is 0 Å². The van der Waals surface area contributed by atoms with E-state index < -0.39 is 40.0 Å². The molecule has 0 spiro atoms. The van der Waals surface area contributed by atoms with Crippen molar-refractivity contribution >= 4 is 44.5 Å². The van der Waals surface area contributed by atoms with Crippen LogP contribution < -0.4 is 11.1 Å². The van der Waals surface area contributed by atoms with Crippen LogP contribution in [0.2, 0.25) is 4.71 Å². The van der Waals surface area contributed by atoms with Crippen molar-refractivity contribution in [3.05, 3.63) is 36.0 Å². The van der Waals surface area contributed by atoms with Crippen LogP contribution in [0.15, 0.2) is 30.5 Å². The van der Waals surface area contributed by atoms with Crippen LogP contribution in [0.5, 0.6) is 0 Å². The van der Waals surface area contributed by atoms with Gasteiger partial charge in [-0.3, -0.25) is 0 Å². The Balaban J connectivity index is 1.62. The van der Waals surface area contributed by atoms with Crippen molar-refractivity contribution in [2.75, 3.05) is 18.9 Å². The Morgan fingerprint density at radius 1 is 1.22 bits per heavy atom. The zero-order valence-electron chi connectivity index (χ0n) is 21.3. The number of H-pyrrole nitrogens is 1. The van der Waals surface area contributed by atoms with E-state index in [4.69, 9.17) is 5.73 Å². The number of benzene rings is 1. The van der Waals surface area contributed by atoms with Gasteiger partial charge in [-0.15, -0.1) is 0 Å². The van der Waals surface area contributed by atoms with Crippen LogP contribution in [-0.2, 0) is 20.6 Å². The Kier molecular flexibility index (Phi) is 10.8. The van der Waals surface area contributed by atoms with E-state index in [1.54, 1.807) is 0 Å². The molecule has 0 bridgehead atoms. The summed E-state index contributed by atoms with van der Waals surface area (Å²) in [5.41, 5.74) is 8.00. The molecule has 1 heterocycles. The number of carbonyl (C=O) groups is 2. The molecule has 1 amide bonds. The molecular weight excluding hydrogens is 540 g/mol. The van der Waals surface area contributed by atoms with Gasteiger partial charge in [-0.05, 0) is 0 Å². The summed E-state index contributed by atoms with van der Waals surface area (Å²) in [6.45, 7) is 3.66. The quantitative estimate of drug-likeness (QED) is 0.182. The van der Waals surface area contributed by atoms with E-state index in [0.29, 0.717) is 6.42 Å². The number of para-hydroxylation sites is 1. The number of rotatable bonds is 13. The molecule has 5 atom stereocenters. The molecule has 2 aromatic rings. The average Bonchev–Trinajstić information content (AvgIpc) is 3.24. The summed E-state index contributed by atoms with van der Waals surface area (Å²) >= 11 is -1.40. The maximum absolute atomic E-state index is 13.2. The molecule has 1 aromatic carbocycles. The van der Waals surface area contributed by atoms with Crippen LogP contribution >= 0.6 is 7.37 Å². The molecule has 1 aliphatic carbocycles. The topological polar surface area (TPSA) is 146 Å². The van der Waals surface area contributed by atoms with Gasteiger partial charge in [0, 0.05) is 0 Å². The SMILES string of the molecule is CC(C)[C@H](N)C(=O)[AsH][C@@H](Cc1c[nH]c2ccccc12)C(=O)NC[C@@H](O)CP(=O)(O)CC1CCCCC1. The van der Waals surface area contributed by atoms with E-state index in [2.05, 4.69) is 10.3 Å². The third-order valence-corrected chi connectivity index (χ3v) is 12.1. The molecule has 1 saturated carbocycles. The minimum absolute atomic E-state index is 0.0114. The molecule has 1 fully saturated rings. The third kappa shape index (κ3) is 8.56. The Labute approximate surface area is 220 Å². The Hall–Kier alpha value is -1.43. The first-order valence-electron chi connectivity index (χ1n) is 12.9. The van der Waals surface area contributed by atoms with Gasteiger partial charge >= 0.3 is 221 Å². The van der Waals surface area contributed by atoms with Gasteiger partial charge in [0.1, 0.15) is 0 Å². The summed E-state index contributed by atoms with van der Waals surface area (Å²) in [7, 11) is -3.49. The van der Waals surface area contributed by atoms with Gasteiger partial charge in [0.2, 0.25) is 0 Å². The van der Waals surface area contributed by atoms with Crippen molar-refractivity contribution in [1.82, 2.24) is 10.3 Å². The fraction of sp³-hybridized carbons (Fsp3) is 0.615. The second-order valence-corrected chi connectivity index (χ2v) is 16.0. The second kappa shape index (κ2) is 13.4. The number of carbonyl (C=O) groups excluding carboxylic acids is 2. The molecule has 10 heteroatoms. The van der Waals surface area contributed by atoms with E-state index in [1.807, 2.05) is 44.3 Å². The van der Waals surface area contributed by atoms with Crippen molar-refractivity contribution in [1.29, 1.82) is 0 Å². The van der Waals surface area contributed by atoms with E-state index in [0.717, 1.165) is 42.1 Å². The van der Waals surface area contributed by atoms with Gasteiger partial charge in [0.05, 0.1) is 0 Å². The number of aromatic amines is 1. The number of nitrogens with two attached hydrogens (primary N) is 1. The second-order valence-electron chi connectivity index (χ2n) is 10.5. The molecular formula is C26H41AsN3O5P. The molecule has 200 valence electrons. The first-order valence-corrected chi connectivity index (χ1v) is 17.2. The predicted octanol–water partition coefficient (Wildman–Crippen LogP) is 2.77. The van der Waals surface area contributed by atoms with Gasteiger partial charge in [0.15, 0.2) is 0 Å². The summed E-state index contributed by atoms with van der Waals surface area (Å²) in [5.74, 6) is -0.0927. The van der Waals surface area contributed by atoms with Crippen LogP contribution in [0.4, 0.5) is 0 Å². The van der Waals surface area contributed by atoms with Crippen LogP contribution in [0.1, 0.15) is 51.5 Å². The summed E-state index contributed by atoms with van der Waals surface area (Å²) in [6.07, 6.45) is 6.42. The molecule has 8 nitrogen and oxygen atoms in total. The number of aliphatic hydroxyl groups excluding tert-OH is 1. The normalized spacial score (nSPS) is 19.4. The molecule has 1 aromatic heterocycles. The molecule has 0 aliphatic heterocycles. The van der Waals surface area contributed by atoms with Gasteiger partial charge < -0.3 is 0 Å². The van der Waals surface area contributed by atoms with Crippen molar-refractivity contribution in [2.45, 2.75) is 69.2 Å². The van der Waals surface area contributed by atoms with Gasteiger partial charge in [-0.1, -0.05) is 0 Å². The summed E-state index contributed by atoms with van der Waals surface area (Å²) in [4.78, 5) is 39.7. The first-order chi connectivity index (χ1) is 17.1. The minimum atomic E-state index is -3.49. The molecule has 36 heavy (non-hydrogen) atoms. The van der Waals surface area contributed by atoms with Gasteiger partial charge in [0.25, 0.3) is 0 Å². The van der Waals surface area contributed by atoms with Crippen molar-refractivity contribution in [3.63, 3.8) is 0 Å². The summed E-state index contributed by atoms with van der Waals surface area (Å²) in [6, 6.07) is 7.20. The zero-order valence-corrected chi connectivity index (χ0v) is 24.3. The standard InChI is InChI=1S/C26H41AsN3O5P/c1-17(2)24(28)25(32)27-22(12-19-13-29-23-11-7-6-10-21(19)23)26(33)30-14-20(31)16-36(34,35)15-18-8-4-3-5-9-18/h6-7,10-11,13,17-18,20,22,24,27,29,31H,3-5,8-9,12,14-16,28H2,1-2H3,(H,30,33)(H,34,35)/t20-,22+,24+/m1/s1. The van der Waals surface area contributed by atoms with Crippen LogP contribution in [0.25, 0.3) is 10.9 Å². The Morgan fingerprint density at radius 2 is 1.92 bits per heavy atom. The monoisotopic (exact) mass is 581 g/mol. The average molecular weight is 582 g/mol. The fourth-order valence-electron chi connectivity index (χ4n) is 4.88. The van der Waals surface area contributed by atoms with Crippen molar-refractivity contribution in [3.8, 4) is 0 Å². The fourth-order valence-corrected chi connectivity index (χ4v) is 9.98. The molecule has 3 rings (SSSR count). The van der Waals surface area contributed by atoms with Gasteiger partial charge in [-0.2, -0.15) is 0 Å². The van der Waals surface area contributed by atoms with Crippen molar-refractivity contribution < 1.29 is 24.2 Å². The zero-order chi connectivity index (χ0) is 26.3. The van der Waals surface area contributed by atoms with E-state index in [1.165, 1.54) is 6.42 Å². The van der Waals surface area contributed by atoms with E-state index in [-0.39, 0.29) is 41.2 Å². The number of aromatic nitrogens is 1. The first kappa shape index (κ1) is 29.1. The molecule has 2 unspecified atom stereocenters. The third-order valence-electron chi connectivity index (χ3n) is 7.03. The van der Waals surface area contributed by atoms with Crippen molar-refractivity contribution in [2.24, 2.45) is 17.6 Å². The number of hydrogen-bond donors (Lipinski definition) is 5. The molecule has 0 saturated heterocycles. The maximum atomic E-state index is 13.2. The molecule has 0 radical (unpaired) electrons. The number of fused-ring (bicyclic) bond motifs is 1. The Bertz CT molecular complexity index is 1070. The number of hydrogen-bond acceptors (Lipinski definition) is 5. The van der Waals surface area contributed by atoms with E-state index in [9.17, 15) is 24.2 Å². The summed E-state index contributed by atoms with van der Waals surface area (Å²) in [5, 5.41) is 14.2. The Morgan fingerprint density at radius 3 is 2.61 bits per heavy atom. The van der Waals surface area contributed by atoms with Gasteiger partial charge in [-0.25, -0.2) is 0 Å². The van der Waals surface area contributed by atoms with Crippen LogP contribution in [0.3, 0.4) is 0 Å².